The smallest absolute Gasteiger partial charge is 0.0940 e. The molecule has 96 valence electrons. The van der Waals surface area contributed by atoms with Gasteiger partial charge in [0.15, 0.2) is 0 Å². The molecule has 1 aliphatic rings. The van der Waals surface area contributed by atoms with Crippen molar-refractivity contribution in [2.75, 3.05) is 7.11 Å². The number of ether oxygens (including phenoxy) is 1. The summed E-state index contributed by atoms with van der Waals surface area (Å²) in [7, 11) is 3.53. The molecule has 1 saturated carbocycles. The highest BCUT2D eigenvalue weighted by Crippen LogP contribution is 2.35. The zero-order valence-electron chi connectivity index (χ0n) is 10.6. The molecule has 1 aromatic rings. The standard InChI is InChI=1S/C12H21N3O2/c1-15-9-10(13-14-15)8-11(16)12(17-2)6-4-3-5-7-12/h9,11,16H,3-8H2,1-2H3. The molecule has 17 heavy (non-hydrogen) atoms. The van der Waals surface area contributed by atoms with Gasteiger partial charge >= 0.3 is 0 Å². The summed E-state index contributed by atoms with van der Waals surface area (Å²) in [5.41, 5.74) is 0.442. The molecule has 5 nitrogen and oxygen atoms in total. The van der Waals surface area contributed by atoms with Crippen molar-refractivity contribution in [2.24, 2.45) is 7.05 Å². The molecule has 1 heterocycles. The summed E-state index contributed by atoms with van der Waals surface area (Å²) in [6, 6.07) is 0. The maximum atomic E-state index is 10.4. The van der Waals surface area contributed by atoms with Gasteiger partial charge in [-0.15, -0.1) is 5.10 Å². The third kappa shape index (κ3) is 2.66. The number of nitrogens with zero attached hydrogens (tertiary/aromatic N) is 3. The number of aliphatic hydroxyl groups is 1. The van der Waals surface area contributed by atoms with Crippen LogP contribution in [0.3, 0.4) is 0 Å². The van der Waals surface area contributed by atoms with E-state index in [1.54, 1.807) is 11.8 Å². The van der Waals surface area contributed by atoms with Crippen LogP contribution in [-0.4, -0.2) is 38.9 Å². The molecular formula is C12H21N3O2. The second-order valence-corrected chi connectivity index (χ2v) is 4.93. The molecule has 1 unspecified atom stereocenters. The molecule has 1 aromatic heterocycles. The average Bonchev–Trinajstić information content (AvgIpc) is 2.75. The van der Waals surface area contributed by atoms with Crippen LogP contribution in [-0.2, 0) is 18.2 Å². The first-order valence-electron chi connectivity index (χ1n) is 6.25. The molecule has 0 saturated heterocycles. The minimum Gasteiger partial charge on any atom is -0.390 e. The lowest BCUT2D eigenvalue weighted by Crippen LogP contribution is -2.46. The lowest BCUT2D eigenvalue weighted by atomic mass is 9.79. The van der Waals surface area contributed by atoms with E-state index in [9.17, 15) is 5.11 Å². The second-order valence-electron chi connectivity index (χ2n) is 4.93. The Labute approximate surface area is 102 Å². The van der Waals surface area contributed by atoms with Crippen LogP contribution >= 0.6 is 0 Å². The van der Waals surface area contributed by atoms with Crippen molar-refractivity contribution in [2.45, 2.75) is 50.2 Å². The SMILES string of the molecule is COC1(C(O)Cc2cn(C)nn2)CCCCC1. The molecule has 1 fully saturated rings. The van der Waals surface area contributed by atoms with Crippen LogP contribution < -0.4 is 0 Å². The van der Waals surface area contributed by atoms with Gasteiger partial charge in [0.25, 0.3) is 0 Å². The largest absolute Gasteiger partial charge is 0.390 e. The number of rotatable bonds is 4. The summed E-state index contributed by atoms with van der Waals surface area (Å²) < 4.78 is 7.27. The number of aliphatic hydroxyl groups excluding tert-OH is 1. The molecular weight excluding hydrogens is 218 g/mol. The second kappa shape index (κ2) is 5.14. The van der Waals surface area contributed by atoms with Gasteiger partial charge in [0.05, 0.1) is 17.4 Å². The highest BCUT2D eigenvalue weighted by atomic mass is 16.5. The molecule has 0 amide bonds. The van der Waals surface area contributed by atoms with E-state index in [2.05, 4.69) is 10.3 Å². The van der Waals surface area contributed by atoms with E-state index in [4.69, 9.17) is 4.74 Å². The summed E-state index contributed by atoms with van der Waals surface area (Å²) in [4.78, 5) is 0. The number of aryl methyl sites for hydroxylation is 1. The molecule has 0 spiro atoms. The van der Waals surface area contributed by atoms with Crippen LogP contribution in [0.15, 0.2) is 6.20 Å². The zero-order valence-corrected chi connectivity index (χ0v) is 10.6. The van der Waals surface area contributed by atoms with Gasteiger partial charge in [-0.05, 0) is 12.8 Å². The monoisotopic (exact) mass is 239 g/mol. The summed E-state index contributed by atoms with van der Waals surface area (Å²) in [5.74, 6) is 0. The minimum atomic E-state index is -0.496. The van der Waals surface area contributed by atoms with Gasteiger partial charge in [-0.25, -0.2) is 0 Å². The van der Waals surface area contributed by atoms with Crippen molar-refractivity contribution in [1.29, 1.82) is 0 Å². The van der Waals surface area contributed by atoms with Gasteiger partial charge < -0.3 is 9.84 Å². The maximum absolute atomic E-state index is 10.4. The lowest BCUT2D eigenvalue weighted by molar-refractivity contribution is -0.122. The fourth-order valence-electron chi connectivity index (χ4n) is 2.70. The van der Waals surface area contributed by atoms with Crippen molar-refractivity contribution in [3.63, 3.8) is 0 Å². The Morgan fingerprint density at radius 2 is 2.18 bits per heavy atom. The molecule has 0 aliphatic heterocycles. The Bertz CT molecular complexity index is 358. The summed E-state index contributed by atoms with van der Waals surface area (Å²) in [6.07, 6.45) is 7.23. The van der Waals surface area contributed by atoms with E-state index in [0.717, 1.165) is 31.4 Å². The van der Waals surface area contributed by atoms with Gasteiger partial charge in [0.1, 0.15) is 0 Å². The number of hydrogen-bond acceptors (Lipinski definition) is 4. The predicted octanol–water partition coefficient (Wildman–Crippen LogP) is 1.07. The first-order chi connectivity index (χ1) is 8.16. The van der Waals surface area contributed by atoms with Crippen LogP contribution in [0.5, 0.6) is 0 Å². The molecule has 0 radical (unpaired) electrons. The van der Waals surface area contributed by atoms with Crippen LogP contribution in [0.4, 0.5) is 0 Å². The molecule has 1 N–H and O–H groups in total. The Kier molecular flexibility index (Phi) is 3.79. The van der Waals surface area contributed by atoms with E-state index in [1.165, 1.54) is 6.42 Å². The average molecular weight is 239 g/mol. The van der Waals surface area contributed by atoms with Crippen molar-refractivity contribution >= 4 is 0 Å². The predicted molar refractivity (Wildman–Crippen MR) is 63.5 cm³/mol. The Morgan fingerprint density at radius 3 is 2.71 bits per heavy atom. The topological polar surface area (TPSA) is 60.2 Å². The molecule has 2 rings (SSSR count). The number of aromatic nitrogens is 3. The van der Waals surface area contributed by atoms with Gasteiger partial charge in [-0.1, -0.05) is 24.5 Å². The maximum Gasteiger partial charge on any atom is 0.0940 e. The van der Waals surface area contributed by atoms with Crippen LogP contribution in [0.25, 0.3) is 0 Å². The van der Waals surface area contributed by atoms with Crippen molar-refractivity contribution in [3.05, 3.63) is 11.9 Å². The van der Waals surface area contributed by atoms with Gasteiger partial charge in [0, 0.05) is 26.8 Å². The highest BCUT2D eigenvalue weighted by Gasteiger charge is 2.39. The van der Waals surface area contributed by atoms with Crippen LogP contribution in [0, 0.1) is 0 Å². The fourth-order valence-corrected chi connectivity index (χ4v) is 2.70. The molecule has 5 heteroatoms. The van der Waals surface area contributed by atoms with Gasteiger partial charge in [-0.2, -0.15) is 0 Å². The molecule has 1 atom stereocenters. The quantitative estimate of drug-likeness (QED) is 0.853. The van der Waals surface area contributed by atoms with E-state index in [0.29, 0.717) is 6.42 Å². The third-order valence-electron chi connectivity index (χ3n) is 3.77. The van der Waals surface area contributed by atoms with E-state index >= 15 is 0 Å². The number of methoxy groups -OCH3 is 1. The van der Waals surface area contributed by atoms with E-state index in [1.807, 2.05) is 13.2 Å². The van der Waals surface area contributed by atoms with E-state index in [-0.39, 0.29) is 5.60 Å². The van der Waals surface area contributed by atoms with Crippen LogP contribution in [0.1, 0.15) is 37.8 Å². The van der Waals surface area contributed by atoms with Gasteiger partial charge in [-0.3, -0.25) is 4.68 Å². The fraction of sp³-hybridized carbons (Fsp3) is 0.833. The normalized spacial score (nSPS) is 21.4. The highest BCUT2D eigenvalue weighted by molar-refractivity contribution is 5.01. The van der Waals surface area contributed by atoms with Crippen molar-refractivity contribution in [1.82, 2.24) is 15.0 Å². The summed E-state index contributed by atoms with van der Waals surface area (Å²) >= 11 is 0. The first kappa shape index (κ1) is 12.5. The third-order valence-corrected chi connectivity index (χ3v) is 3.77. The van der Waals surface area contributed by atoms with Crippen LogP contribution in [0.2, 0.25) is 0 Å². The summed E-state index contributed by atoms with van der Waals surface area (Å²) in [6.45, 7) is 0. The zero-order chi connectivity index (χ0) is 12.3. The molecule has 1 aliphatic carbocycles. The van der Waals surface area contributed by atoms with E-state index < -0.39 is 6.10 Å². The Morgan fingerprint density at radius 1 is 1.47 bits per heavy atom. The minimum absolute atomic E-state index is 0.379. The Balaban J connectivity index is 2.04. The molecule has 0 bridgehead atoms. The molecule has 0 aromatic carbocycles. The lowest BCUT2D eigenvalue weighted by Gasteiger charge is -2.39. The van der Waals surface area contributed by atoms with Crippen molar-refractivity contribution < 1.29 is 9.84 Å². The number of hydrogen-bond donors (Lipinski definition) is 1. The summed E-state index contributed by atoms with van der Waals surface area (Å²) in [5, 5.41) is 18.3. The van der Waals surface area contributed by atoms with Crippen molar-refractivity contribution in [3.8, 4) is 0 Å². The Hall–Kier alpha value is -0.940. The first-order valence-corrected chi connectivity index (χ1v) is 6.25. The van der Waals surface area contributed by atoms with Gasteiger partial charge in [0.2, 0.25) is 0 Å².